The van der Waals surface area contributed by atoms with Gasteiger partial charge in [-0.2, -0.15) is 5.06 Å². The second-order valence-electron chi connectivity index (χ2n) is 6.95. The lowest BCUT2D eigenvalue weighted by Gasteiger charge is -2.15. The molecule has 0 aliphatic heterocycles. The number of aromatic nitrogens is 1. The maximum absolute atomic E-state index is 12.1. The van der Waals surface area contributed by atoms with E-state index in [-0.39, 0.29) is 18.1 Å². The molecule has 8 heteroatoms. The Labute approximate surface area is 166 Å². The Bertz CT molecular complexity index is 719. The highest BCUT2D eigenvalue weighted by Crippen LogP contribution is 2.27. The largest absolute Gasteiger partial charge is 0.507 e. The molecule has 1 heterocycles. The number of hydrogen-bond donors (Lipinski definition) is 6. The van der Waals surface area contributed by atoms with Crippen LogP contribution in [0.5, 0.6) is 5.75 Å². The summed E-state index contributed by atoms with van der Waals surface area (Å²) in [6, 6.07) is 5.24. The van der Waals surface area contributed by atoms with Crippen LogP contribution in [-0.2, 0) is 11.2 Å². The number of phenolic OH excluding ortho intramolecular Hbond substituents is 1. The second-order valence-corrected chi connectivity index (χ2v) is 6.95. The van der Waals surface area contributed by atoms with Crippen molar-refractivity contribution in [3.63, 3.8) is 0 Å². The minimum Gasteiger partial charge on any atom is -0.507 e. The molecule has 2 rings (SSSR count). The predicted molar refractivity (Wildman–Crippen MR) is 110 cm³/mol. The van der Waals surface area contributed by atoms with E-state index in [1.807, 2.05) is 6.07 Å². The third kappa shape index (κ3) is 7.47. The number of carbonyl (C=O) groups excluding carboxylic acids is 1. The zero-order valence-corrected chi connectivity index (χ0v) is 16.4. The highest BCUT2D eigenvalue weighted by atomic mass is 16.5. The summed E-state index contributed by atoms with van der Waals surface area (Å²) < 4.78 is 0. The summed E-state index contributed by atoms with van der Waals surface area (Å²) in [4.78, 5) is 15.2. The summed E-state index contributed by atoms with van der Waals surface area (Å²) in [5.74, 6) is 0.0710. The van der Waals surface area contributed by atoms with Crippen molar-refractivity contribution in [1.29, 1.82) is 0 Å². The summed E-state index contributed by atoms with van der Waals surface area (Å²) in [5, 5.41) is 28.0. The van der Waals surface area contributed by atoms with Crippen molar-refractivity contribution < 1.29 is 15.1 Å². The van der Waals surface area contributed by atoms with Crippen LogP contribution in [-0.4, -0.2) is 65.5 Å². The van der Waals surface area contributed by atoms with Gasteiger partial charge in [-0.25, -0.2) is 0 Å². The molecule has 0 unspecified atom stereocenters. The molecule has 156 valence electrons. The van der Waals surface area contributed by atoms with Gasteiger partial charge in [-0.3, -0.25) is 4.79 Å². The molecule has 7 N–H and O–H groups in total. The van der Waals surface area contributed by atoms with Crippen LogP contribution in [0.4, 0.5) is 0 Å². The van der Waals surface area contributed by atoms with Crippen molar-refractivity contribution in [1.82, 2.24) is 20.7 Å². The lowest BCUT2D eigenvalue weighted by molar-refractivity contribution is -0.120. The van der Waals surface area contributed by atoms with Crippen molar-refractivity contribution in [2.75, 3.05) is 39.3 Å². The fourth-order valence-corrected chi connectivity index (χ4v) is 3.12. The zero-order valence-electron chi connectivity index (χ0n) is 16.4. The predicted octanol–water partition coefficient (Wildman–Crippen LogP) is 1.33. The Hall–Kier alpha value is -2.13. The molecule has 0 bridgehead atoms. The summed E-state index contributed by atoms with van der Waals surface area (Å²) >= 11 is 0. The number of H-pyrrole nitrogens is 1. The number of aromatic amines is 1. The molecular weight excluding hydrogens is 358 g/mol. The Morgan fingerprint density at radius 2 is 1.86 bits per heavy atom. The Balaban J connectivity index is 1.56. The standard InChI is InChI=1S/C20H33N5O3/c21-8-1-2-9-22-10-4-12-25(28)13-5-11-23-19(27)14-16-15-24-17-6-3-7-18(26)20(16)17/h3,6-7,15,22,24,26,28H,1-2,4-5,8-14,21H2,(H,23,27). The van der Waals surface area contributed by atoms with Crippen LogP contribution in [0.3, 0.4) is 0 Å². The number of unbranched alkanes of at least 4 members (excludes halogenated alkanes) is 1. The average molecular weight is 392 g/mol. The normalized spacial score (nSPS) is 11.4. The minimum absolute atomic E-state index is 0.102. The number of rotatable bonds is 14. The molecule has 0 saturated heterocycles. The SMILES string of the molecule is NCCCCNCCCN(O)CCCNC(=O)Cc1c[nH]c2cccc(O)c12. The fraction of sp³-hybridized carbons (Fsp3) is 0.550. The summed E-state index contributed by atoms with van der Waals surface area (Å²) in [5.41, 5.74) is 7.03. The van der Waals surface area contributed by atoms with Gasteiger partial charge in [0.25, 0.3) is 0 Å². The summed E-state index contributed by atoms with van der Waals surface area (Å²) in [6.45, 7) is 4.18. The molecule has 0 fully saturated rings. The molecule has 1 aromatic heterocycles. The number of fused-ring (bicyclic) bond motifs is 1. The van der Waals surface area contributed by atoms with Crippen molar-refractivity contribution in [3.8, 4) is 5.75 Å². The molecule has 0 aliphatic carbocycles. The van der Waals surface area contributed by atoms with Gasteiger partial charge in [0.15, 0.2) is 0 Å². The molecule has 0 radical (unpaired) electrons. The number of nitrogens with two attached hydrogens (primary N) is 1. The topological polar surface area (TPSA) is 127 Å². The zero-order chi connectivity index (χ0) is 20.2. The molecular formula is C20H33N5O3. The van der Waals surface area contributed by atoms with E-state index in [0.717, 1.165) is 50.0 Å². The van der Waals surface area contributed by atoms with Gasteiger partial charge in [0.05, 0.1) is 6.42 Å². The highest BCUT2D eigenvalue weighted by Gasteiger charge is 2.11. The average Bonchev–Trinajstić information content (AvgIpc) is 3.08. The minimum atomic E-state index is -0.102. The number of aromatic hydroxyl groups is 1. The van der Waals surface area contributed by atoms with Crippen LogP contribution in [0.2, 0.25) is 0 Å². The fourth-order valence-electron chi connectivity index (χ4n) is 3.12. The lowest BCUT2D eigenvalue weighted by Crippen LogP contribution is -2.30. The van der Waals surface area contributed by atoms with Crippen LogP contribution in [0.15, 0.2) is 24.4 Å². The van der Waals surface area contributed by atoms with E-state index in [1.165, 1.54) is 5.06 Å². The van der Waals surface area contributed by atoms with E-state index in [1.54, 1.807) is 18.3 Å². The van der Waals surface area contributed by atoms with Crippen LogP contribution >= 0.6 is 0 Å². The molecule has 1 aromatic carbocycles. The molecule has 2 aromatic rings. The third-order valence-corrected chi connectivity index (χ3v) is 4.61. The Kier molecular flexibility index (Phi) is 9.78. The van der Waals surface area contributed by atoms with Crippen LogP contribution in [0.25, 0.3) is 10.9 Å². The molecule has 0 atom stereocenters. The van der Waals surface area contributed by atoms with Crippen LogP contribution in [0.1, 0.15) is 31.2 Å². The Morgan fingerprint density at radius 1 is 1.11 bits per heavy atom. The number of benzene rings is 1. The van der Waals surface area contributed by atoms with Crippen molar-refractivity contribution in [2.24, 2.45) is 5.73 Å². The van der Waals surface area contributed by atoms with Crippen molar-refractivity contribution >= 4 is 16.8 Å². The third-order valence-electron chi connectivity index (χ3n) is 4.61. The van der Waals surface area contributed by atoms with E-state index in [4.69, 9.17) is 5.73 Å². The van der Waals surface area contributed by atoms with Crippen LogP contribution in [0, 0.1) is 0 Å². The highest BCUT2D eigenvalue weighted by molar-refractivity contribution is 5.92. The number of nitrogens with zero attached hydrogens (tertiary/aromatic N) is 1. The smallest absolute Gasteiger partial charge is 0.224 e. The molecule has 0 spiro atoms. The summed E-state index contributed by atoms with van der Waals surface area (Å²) in [7, 11) is 0. The van der Waals surface area contributed by atoms with Gasteiger partial charge in [-0.15, -0.1) is 0 Å². The molecule has 8 nitrogen and oxygen atoms in total. The van der Waals surface area contributed by atoms with E-state index in [2.05, 4.69) is 15.6 Å². The van der Waals surface area contributed by atoms with Gasteiger partial charge < -0.3 is 31.7 Å². The van der Waals surface area contributed by atoms with Gasteiger partial charge in [0.1, 0.15) is 5.75 Å². The molecule has 0 aliphatic rings. The van der Waals surface area contributed by atoms with Gasteiger partial charge in [0, 0.05) is 36.7 Å². The number of phenols is 1. The first kappa shape index (κ1) is 22.2. The number of amides is 1. The molecule has 1 amide bonds. The van der Waals surface area contributed by atoms with Crippen molar-refractivity contribution in [3.05, 3.63) is 30.0 Å². The summed E-state index contributed by atoms with van der Waals surface area (Å²) in [6.07, 6.45) is 5.62. The lowest BCUT2D eigenvalue weighted by atomic mass is 10.1. The van der Waals surface area contributed by atoms with Crippen molar-refractivity contribution in [2.45, 2.75) is 32.1 Å². The second kappa shape index (κ2) is 12.4. The molecule has 28 heavy (non-hydrogen) atoms. The quantitative estimate of drug-likeness (QED) is 0.213. The molecule has 0 saturated carbocycles. The maximum Gasteiger partial charge on any atom is 0.224 e. The van der Waals surface area contributed by atoms with Gasteiger partial charge in [0.2, 0.25) is 5.91 Å². The monoisotopic (exact) mass is 391 g/mol. The number of carbonyl (C=O) groups is 1. The first-order valence-electron chi connectivity index (χ1n) is 10.0. The van der Waals surface area contributed by atoms with E-state index in [9.17, 15) is 15.1 Å². The van der Waals surface area contributed by atoms with Gasteiger partial charge in [-0.05, 0) is 63.0 Å². The van der Waals surface area contributed by atoms with Crippen LogP contribution < -0.4 is 16.4 Å². The van der Waals surface area contributed by atoms with E-state index >= 15 is 0 Å². The van der Waals surface area contributed by atoms with Gasteiger partial charge >= 0.3 is 0 Å². The Morgan fingerprint density at radius 3 is 2.64 bits per heavy atom. The maximum atomic E-state index is 12.1. The van der Waals surface area contributed by atoms with E-state index < -0.39 is 0 Å². The van der Waals surface area contributed by atoms with Gasteiger partial charge in [-0.1, -0.05) is 6.07 Å². The first-order valence-corrected chi connectivity index (χ1v) is 10.0. The number of nitrogens with one attached hydrogen (secondary N) is 3. The van der Waals surface area contributed by atoms with E-state index in [0.29, 0.717) is 31.4 Å². The number of hydrogen-bond acceptors (Lipinski definition) is 6. The number of hydroxylamine groups is 2. The first-order chi connectivity index (χ1) is 13.6.